The number of thioether (sulfide) groups is 1. The van der Waals surface area contributed by atoms with Crippen LogP contribution < -0.4 is 5.32 Å². The minimum absolute atomic E-state index is 0.130. The molecule has 0 amide bonds. The summed E-state index contributed by atoms with van der Waals surface area (Å²) in [5, 5.41) is 4.32. The predicted octanol–water partition coefficient (Wildman–Crippen LogP) is 5.12. The lowest BCUT2D eigenvalue weighted by Crippen LogP contribution is -2.35. The molecule has 0 unspecified atom stereocenters. The Morgan fingerprint density at radius 3 is 2.17 bits per heavy atom. The maximum atomic E-state index is 6.34. The number of rotatable bonds is 3. The molecule has 0 aromatic heterocycles. The van der Waals surface area contributed by atoms with Crippen LogP contribution in [0.25, 0.3) is 0 Å². The van der Waals surface area contributed by atoms with E-state index in [1.165, 1.54) is 5.56 Å². The van der Waals surface area contributed by atoms with E-state index in [0.29, 0.717) is 0 Å². The summed E-state index contributed by atoms with van der Waals surface area (Å²) in [7, 11) is 0. The molecule has 1 aromatic rings. The van der Waals surface area contributed by atoms with E-state index in [9.17, 15) is 0 Å². The quantitative estimate of drug-likeness (QED) is 0.774. The minimum atomic E-state index is 0.130. The van der Waals surface area contributed by atoms with Crippen molar-refractivity contribution in [2.45, 2.75) is 63.3 Å². The maximum absolute atomic E-state index is 6.34. The fraction of sp³-hybridized carbons (Fsp3) is 0.600. The van der Waals surface area contributed by atoms with Crippen molar-refractivity contribution in [1.29, 1.82) is 0 Å². The number of halogens is 1. The van der Waals surface area contributed by atoms with Crippen molar-refractivity contribution in [2.75, 3.05) is 0 Å². The van der Waals surface area contributed by atoms with Crippen molar-refractivity contribution in [3.8, 4) is 0 Å². The van der Waals surface area contributed by atoms with Crippen molar-refractivity contribution in [3.63, 3.8) is 0 Å². The molecule has 1 rings (SSSR count). The average molecular weight is 286 g/mol. The van der Waals surface area contributed by atoms with Crippen LogP contribution in [0.4, 0.5) is 0 Å². The summed E-state index contributed by atoms with van der Waals surface area (Å²) in [5.41, 5.74) is 1.36. The molecule has 0 atom stereocenters. The van der Waals surface area contributed by atoms with Crippen molar-refractivity contribution in [3.05, 3.63) is 28.8 Å². The van der Waals surface area contributed by atoms with Crippen molar-refractivity contribution in [2.24, 2.45) is 0 Å². The second-order valence-corrected chi connectivity index (χ2v) is 8.86. The Kier molecular flexibility index (Phi) is 5.16. The molecule has 0 radical (unpaired) electrons. The first-order valence-corrected chi connectivity index (χ1v) is 7.49. The Balaban J connectivity index is 2.74. The highest BCUT2D eigenvalue weighted by Crippen LogP contribution is 2.36. The summed E-state index contributed by atoms with van der Waals surface area (Å²) in [6, 6.07) is 6.34. The molecular weight excluding hydrogens is 262 g/mol. The second kappa shape index (κ2) is 5.85. The summed E-state index contributed by atoms with van der Waals surface area (Å²) in [6.07, 6.45) is 0. The molecule has 102 valence electrons. The summed E-state index contributed by atoms with van der Waals surface area (Å²) >= 11 is 8.14. The van der Waals surface area contributed by atoms with E-state index in [-0.39, 0.29) is 10.3 Å². The van der Waals surface area contributed by atoms with Crippen LogP contribution in [0.1, 0.15) is 47.1 Å². The molecule has 0 bridgehead atoms. The van der Waals surface area contributed by atoms with E-state index >= 15 is 0 Å². The molecule has 18 heavy (non-hydrogen) atoms. The van der Waals surface area contributed by atoms with Gasteiger partial charge in [0.2, 0.25) is 0 Å². The first kappa shape index (κ1) is 15.9. The van der Waals surface area contributed by atoms with Gasteiger partial charge in [-0.1, -0.05) is 38.4 Å². The minimum Gasteiger partial charge on any atom is -0.308 e. The Hall–Kier alpha value is -0.180. The highest BCUT2D eigenvalue weighted by Gasteiger charge is 2.15. The SMILES string of the molecule is CC(C)(C)NCc1ccc(SC(C)(C)C)c(Cl)c1. The van der Waals surface area contributed by atoms with Crippen molar-refractivity contribution >= 4 is 23.4 Å². The highest BCUT2D eigenvalue weighted by atomic mass is 35.5. The van der Waals surface area contributed by atoms with Gasteiger partial charge in [-0.05, 0) is 38.5 Å². The number of benzene rings is 1. The Bertz CT molecular complexity index is 402. The van der Waals surface area contributed by atoms with Gasteiger partial charge in [-0.25, -0.2) is 0 Å². The molecule has 3 heteroatoms. The van der Waals surface area contributed by atoms with Gasteiger partial charge in [0, 0.05) is 21.7 Å². The van der Waals surface area contributed by atoms with Crippen LogP contribution in [0.2, 0.25) is 5.02 Å². The lowest BCUT2D eigenvalue weighted by Gasteiger charge is -2.21. The number of nitrogens with one attached hydrogen (secondary N) is 1. The molecule has 0 saturated heterocycles. The molecule has 1 aromatic carbocycles. The van der Waals surface area contributed by atoms with Gasteiger partial charge in [0.15, 0.2) is 0 Å². The summed E-state index contributed by atoms with van der Waals surface area (Å²) in [4.78, 5) is 1.16. The third-order valence-corrected chi connectivity index (χ3v) is 3.85. The molecule has 1 nitrogen and oxygen atoms in total. The van der Waals surface area contributed by atoms with Crippen LogP contribution in [0.5, 0.6) is 0 Å². The molecule has 0 aliphatic carbocycles. The fourth-order valence-electron chi connectivity index (χ4n) is 1.43. The third kappa shape index (κ3) is 6.12. The second-order valence-electron chi connectivity index (χ2n) is 6.58. The topological polar surface area (TPSA) is 12.0 Å². The number of hydrogen-bond donors (Lipinski definition) is 1. The van der Waals surface area contributed by atoms with Crippen LogP contribution in [0.15, 0.2) is 23.1 Å². The number of hydrogen-bond acceptors (Lipinski definition) is 2. The zero-order valence-corrected chi connectivity index (χ0v) is 13.8. The van der Waals surface area contributed by atoms with E-state index in [1.807, 2.05) is 11.8 Å². The Morgan fingerprint density at radius 1 is 1.11 bits per heavy atom. The zero-order valence-electron chi connectivity index (χ0n) is 12.2. The molecule has 0 heterocycles. The molecule has 0 spiro atoms. The van der Waals surface area contributed by atoms with Crippen molar-refractivity contribution < 1.29 is 0 Å². The fourth-order valence-corrected chi connectivity index (χ4v) is 2.71. The highest BCUT2D eigenvalue weighted by molar-refractivity contribution is 8.00. The van der Waals surface area contributed by atoms with E-state index in [0.717, 1.165) is 16.5 Å². The van der Waals surface area contributed by atoms with Gasteiger partial charge in [-0.15, -0.1) is 11.8 Å². The maximum Gasteiger partial charge on any atom is 0.0545 e. The normalized spacial score (nSPS) is 12.8. The standard InChI is InChI=1S/C15H24ClNS/c1-14(2,3)17-10-11-7-8-13(12(16)9-11)18-15(4,5)6/h7-9,17H,10H2,1-6H3. The van der Waals surface area contributed by atoms with Gasteiger partial charge in [-0.3, -0.25) is 0 Å². The zero-order chi connectivity index (χ0) is 14.0. The van der Waals surface area contributed by atoms with Gasteiger partial charge < -0.3 is 5.32 Å². The van der Waals surface area contributed by atoms with Gasteiger partial charge in [0.25, 0.3) is 0 Å². The third-order valence-electron chi connectivity index (χ3n) is 2.24. The van der Waals surface area contributed by atoms with Gasteiger partial charge in [-0.2, -0.15) is 0 Å². The monoisotopic (exact) mass is 285 g/mol. The van der Waals surface area contributed by atoms with Crippen LogP contribution in [-0.2, 0) is 6.54 Å². The summed E-state index contributed by atoms with van der Waals surface area (Å²) < 4.78 is 0.189. The largest absolute Gasteiger partial charge is 0.308 e. The van der Waals surface area contributed by atoms with E-state index in [4.69, 9.17) is 11.6 Å². The summed E-state index contributed by atoms with van der Waals surface area (Å²) in [5.74, 6) is 0. The van der Waals surface area contributed by atoms with Gasteiger partial charge in [0.05, 0.1) is 5.02 Å². The first-order chi connectivity index (χ1) is 8.07. The predicted molar refractivity (Wildman–Crippen MR) is 83.7 cm³/mol. The van der Waals surface area contributed by atoms with Crippen LogP contribution in [-0.4, -0.2) is 10.3 Å². The van der Waals surface area contributed by atoms with Crippen LogP contribution in [0, 0.1) is 0 Å². The molecule has 0 saturated carbocycles. The van der Waals surface area contributed by atoms with Crippen molar-refractivity contribution in [1.82, 2.24) is 5.32 Å². The Labute approximate surface area is 121 Å². The van der Waals surface area contributed by atoms with E-state index in [2.05, 4.69) is 65.1 Å². The van der Waals surface area contributed by atoms with Crippen LogP contribution >= 0.6 is 23.4 Å². The average Bonchev–Trinajstić information content (AvgIpc) is 2.15. The van der Waals surface area contributed by atoms with E-state index < -0.39 is 0 Å². The lowest BCUT2D eigenvalue weighted by atomic mass is 10.1. The first-order valence-electron chi connectivity index (χ1n) is 6.29. The molecule has 1 N–H and O–H groups in total. The smallest absolute Gasteiger partial charge is 0.0545 e. The lowest BCUT2D eigenvalue weighted by molar-refractivity contribution is 0.424. The summed E-state index contributed by atoms with van der Waals surface area (Å²) in [6.45, 7) is 13.9. The molecule has 0 fully saturated rings. The van der Waals surface area contributed by atoms with Gasteiger partial charge in [0.1, 0.15) is 0 Å². The van der Waals surface area contributed by atoms with Crippen LogP contribution in [0.3, 0.4) is 0 Å². The Morgan fingerprint density at radius 2 is 1.72 bits per heavy atom. The van der Waals surface area contributed by atoms with E-state index in [1.54, 1.807) is 0 Å². The van der Waals surface area contributed by atoms with Gasteiger partial charge >= 0.3 is 0 Å². The molecule has 0 aliphatic heterocycles. The molecule has 0 aliphatic rings. The molecular formula is C15H24ClNS.